The number of nitrogens with one attached hydrogen (secondary N) is 1. The summed E-state index contributed by atoms with van der Waals surface area (Å²) in [5, 5.41) is 5.29. The first-order chi connectivity index (χ1) is 16.8. The van der Waals surface area contributed by atoms with Crippen LogP contribution in [0.3, 0.4) is 0 Å². The third-order valence-corrected chi connectivity index (χ3v) is 8.00. The minimum Gasteiger partial charge on any atom is -0.318 e. The number of benzene rings is 1. The second-order valence-electron chi connectivity index (χ2n) is 9.62. The van der Waals surface area contributed by atoms with Crippen LogP contribution in [-0.2, 0) is 14.4 Å². The first-order valence-electron chi connectivity index (χ1n) is 12.2. The fourth-order valence-electron chi connectivity index (χ4n) is 5.41. The highest BCUT2D eigenvalue weighted by atomic mass is 32.1. The van der Waals surface area contributed by atoms with Crippen LogP contribution in [0.15, 0.2) is 35.7 Å². The SMILES string of the molecule is Cc1ccc(-n2c(C)cc(-c3csc(NC(=O)CCN4C(=O)C5CCCCC5C4=O)n3)c2C)cc1. The van der Waals surface area contributed by atoms with Crippen molar-refractivity contribution in [1.82, 2.24) is 14.5 Å². The highest BCUT2D eigenvalue weighted by Gasteiger charge is 2.47. The monoisotopic (exact) mass is 490 g/mol. The maximum absolute atomic E-state index is 12.6. The number of anilines is 1. The molecule has 1 saturated carbocycles. The van der Waals surface area contributed by atoms with Gasteiger partial charge >= 0.3 is 0 Å². The van der Waals surface area contributed by atoms with Crippen LogP contribution in [0, 0.1) is 32.6 Å². The zero-order valence-corrected chi connectivity index (χ0v) is 21.2. The number of amides is 3. The fourth-order valence-corrected chi connectivity index (χ4v) is 6.14. The van der Waals surface area contributed by atoms with Gasteiger partial charge in [0.05, 0.1) is 17.5 Å². The van der Waals surface area contributed by atoms with Gasteiger partial charge in [0, 0.05) is 41.0 Å². The summed E-state index contributed by atoms with van der Waals surface area (Å²) < 4.78 is 2.20. The van der Waals surface area contributed by atoms with Crippen LogP contribution in [0.25, 0.3) is 16.9 Å². The Bertz CT molecular complexity index is 1270. The number of fused-ring (bicyclic) bond motifs is 1. The number of rotatable bonds is 6. The number of thiazole rings is 1. The summed E-state index contributed by atoms with van der Waals surface area (Å²) in [7, 11) is 0. The van der Waals surface area contributed by atoms with E-state index in [1.807, 2.05) is 5.38 Å². The van der Waals surface area contributed by atoms with E-state index in [0.717, 1.165) is 54.0 Å². The summed E-state index contributed by atoms with van der Waals surface area (Å²) in [6.45, 7) is 6.35. The molecule has 2 aliphatic rings. The van der Waals surface area contributed by atoms with Gasteiger partial charge < -0.3 is 9.88 Å². The summed E-state index contributed by atoms with van der Waals surface area (Å²) in [4.78, 5) is 43.8. The molecule has 1 aliphatic heterocycles. The van der Waals surface area contributed by atoms with E-state index in [4.69, 9.17) is 0 Å². The molecule has 8 heteroatoms. The van der Waals surface area contributed by atoms with Crippen molar-refractivity contribution in [3.8, 4) is 16.9 Å². The van der Waals surface area contributed by atoms with Gasteiger partial charge in [-0.1, -0.05) is 30.5 Å². The van der Waals surface area contributed by atoms with E-state index in [1.54, 1.807) is 0 Å². The van der Waals surface area contributed by atoms with Crippen molar-refractivity contribution < 1.29 is 14.4 Å². The normalized spacial score (nSPS) is 19.8. The molecule has 1 aliphatic carbocycles. The summed E-state index contributed by atoms with van der Waals surface area (Å²) >= 11 is 1.37. The topological polar surface area (TPSA) is 84.3 Å². The molecule has 2 atom stereocenters. The lowest BCUT2D eigenvalue weighted by Gasteiger charge is -2.19. The minimum absolute atomic E-state index is 0.0772. The van der Waals surface area contributed by atoms with Gasteiger partial charge in [0.25, 0.3) is 0 Å². The third-order valence-electron chi connectivity index (χ3n) is 7.24. The number of aromatic nitrogens is 2. The van der Waals surface area contributed by atoms with Gasteiger partial charge in [0.15, 0.2) is 5.13 Å². The Hall–Kier alpha value is -3.26. The second-order valence-corrected chi connectivity index (χ2v) is 10.5. The summed E-state index contributed by atoms with van der Waals surface area (Å²) in [6, 6.07) is 10.5. The number of carbonyl (C=O) groups excluding carboxylic acids is 3. The molecule has 2 aromatic heterocycles. The number of aryl methyl sites for hydroxylation is 2. The third kappa shape index (κ3) is 4.43. The smallest absolute Gasteiger partial charge is 0.233 e. The molecule has 7 nitrogen and oxygen atoms in total. The minimum atomic E-state index is -0.244. The van der Waals surface area contributed by atoms with Crippen molar-refractivity contribution in [2.45, 2.75) is 52.9 Å². The van der Waals surface area contributed by atoms with Crippen LogP contribution in [0.2, 0.25) is 0 Å². The molecule has 35 heavy (non-hydrogen) atoms. The molecule has 3 aromatic rings. The van der Waals surface area contributed by atoms with Crippen LogP contribution >= 0.6 is 11.3 Å². The first-order valence-corrected chi connectivity index (χ1v) is 13.1. The fraction of sp³-hybridized carbons (Fsp3) is 0.407. The van der Waals surface area contributed by atoms with E-state index in [-0.39, 0.29) is 42.5 Å². The van der Waals surface area contributed by atoms with Crippen molar-refractivity contribution in [1.29, 1.82) is 0 Å². The highest BCUT2D eigenvalue weighted by molar-refractivity contribution is 7.14. The maximum Gasteiger partial charge on any atom is 0.233 e. The molecule has 2 fully saturated rings. The van der Waals surface area contributed by atoms with Gasteiger partial charge in [0.2, 0.25) is 17.7 Å². The second kappa shape index (κ2) is 9.41. The molecule has 3 heterocycles. The van der Waals surface area contributed by atoms with Crippen LogP contribution in [-0.4, -0.2) is 38.7 Å². The highest BCUT2D eigenvalue weighted by Crippen LogP contribution is 2.38. The van der Waals surface area contributed by atoms with E-state index in [0.29, 0.717) is 5.13 Å². The molecular formula is C27H30N4O3S. The molecule has 1 aromatic carbocycles. The number of hydrogen-bond acceptors (Lipinski definition) is 5. The average molecular weight is 491 g/mol. The zero-order chi connectivity index (χ0) is 24.7. The lowest BCUT2D eigenvalue weighted by atomic mass is 9.81. The number of likely N-dealkylation sites (tertiary alicyclic amines) is 1. The Morgan fingerprint density at radius 3 is 2.37 bits per heavy atom. The molecule has 5 rings (SSSR count). The molecule has 3 amide bonds. The standard InChI is InChI=1S/C27H30N4O3S/c1-16-8-10-19(11-9-16)31-17(2)14-22(18(31)3)23-15-35-27(28-23)29-24(32)12-13-30-25(33)20-6-4-5-7-21(20)26(30)34/h8-11,14-15,20-21H,4-7,12-13H2,1-3H3,(H,28,29,32). The molecule has 1 saturated heterocycles. The Morgan fingerprint density at radius 2 is 1.71 bits per heavy atom. The van der Waals surface area contributed by atoms with Crippen molar-refractivity contribution in [3.63, 3.8) is 0 Å². The van der Waals surface area contributed by atoms with E-state index in [9.17, 15) is 14.4 Å². The van der Waals surface area contributed by atoms with Gasteiger partial charge in [0.1, 0.15) is 0 Å². The zero-order valence-electron chi connectivity index (χ0n) is 20.3. The van der Waals surface area contributed by atoms with Gasteiger partial charge in [-0.3, -0.25) is 19.3 Å². The summed E-state index contributed by atoms with van der Waals surface area (Å²) in [5.41, 5.74) is 6.35. The molecule has 1 N–H and O–H groups in total. The largest absolute Gasteiger partial charge is 0.318 e. The Morgan fingerprint density at radius 1 is 1.06 bits per heavy atom. The molecule has 0 radical (unpaired) electrons. The first kappa shape index (κ1) is 23.5. The Balaban J connectivity index is 1.24. The molecule has 0 spiro atoms. The molecule has 182 valence electrons. The lowest BCUT2D eigenvalue weighted by Crippen LogP contribution is -2.34. The number of hydrogen-bond donors (Lipinski definition) is 1. The quantitative estimate of drug-likeness (QED) is 0.491. The van der Waals surface area contributed by atoms with Gasteiger partial charge in [-0.15, -0.1) is 11.3 Å². The number of imide groups is 1. The van der Waals surface area contributed by atoms with Crippen LogP contribution in [0.5, 0.6) is 0 Å². The van der Waals surface area contributed by atoms with E-state index in [1.165, 1.54) is 21.8 Å². The van der Waals surface area contributed by atoms with Crippen molar-refractivity contribution in [2.75, 3.05) is 11.9 Å². The van der Waals surface area contributed by atoms with Gasteiger partial charge in [-0.2, -0.15) is 0 Å². The Kier molecular flexibility index (Phi) is 6.32. The summed E-state index contributed by atoms with van der Waals surface area (Å²) in [5.74, 6) is -0.813. The molecule has 0 bridgehead atoms. The van der Waals surface area contributed by atoms with Gasteiger partial charge in [-0.25, -0.2) is 4.98 Å². The molecular weight excluding hydrogens is 460 g/mol. The maximum atomic E-state index is 12.6. The van der Waals surface area contributed by atoms with Crippen molar-refractivity contribution >= 4 is 34.2 Å². The average Bonchev–Trinajstić information content (AvgIpc) is 3.49. The van der Waals surface area contributed by atoms with Crippen molar-refractivity contribution in [3.05, 3.63) is 52.7 Å². The lowest BCUT2D eigenvalue weighted by molar-refractivity contribution is -0.140. The van der Waals surface area contributed by atoms with E-state index >= 15 is 0 Å². The predicted octanol–water partition coefficient (Wildman–Crippen LogP) is 5.03. The van der Waals surface area contributed by atoms with E-state index < -0.39 is 0 Å². The van der Waals surface area contributed by atoms with Crippen LogP contribution in [0.4, 0.5) is 5.13 Å². The van der Waals surface area contributed by atoms with Gasteiger partial charge in [-0.05, 0) is 51.8 Å². The predicted molar refractivity (Wildman–Crippen MR) is 137 cm³/mol. The Labute approximate surface area is 209 Å². The molecule has 2 unspecified atom stereocenters. The van der Waals surface area contributed by atoms with Crippen LogP contribution < -0.4 is 5.32 Å². The number of carbonyl (C=O) groups is 3. The van der Waals surface area contributed by atoms with E-state index in [2.05, 4.69) is 66.0 Å². The number of nitrogens with zero attached hydrogens (tertiary/aromatic N) is 3. The van der Waals surface area contributed by atoms with Crippen LogP contribution in [0.1, 0.15) is 49.1 Å². The van der Waals surface area contributed by atoms with Crippen molar-refractivity contribution in [2.24, 2.45) is 11.8 Å². The summed E-state index contributed by atoms with van der Waals surface area (Å²) in [6.07, 6.45) is 3.63.